The van der Waals surface area contributed by atoms with Crippen LogP contribution in [0.15, 0.2) is 65.7 Å². The molecule has 41 heavy (non-hydrogen) atoms. The van der Waals surface area contributed by atoms with Crippen LogP contribution in [0.5, 0.6) is 0 Å². The molecule has 2 aromatic rings. The minimum atomic E-state index is -1.45. The molecular weight excluding hydrogens is 534 g/mol. The van der Waals surface area contributed by atoms with Crippen LogP contribution in [0, 0.1) is 0 Å². The maximum atomic E-state index is 13.1. The van der Waals surface area contributed by atoms with Crippen LogP contribution in [-0.4, -0.2) is 83.6 Å². The summed E-state index contributed by atoms with van der Waals surface area (Å²) < 4.78 is 0. The van der Waals surface area contributed by atoms with Crippen LogP contribution in [0.2, 0.25) is 0 Å². The number of benzene rings is 2. The van der Waals surface area contributed by atoms with Gasteiger partial charge in [0.05, 0.1) is 13.2 Å². The van der Waals surface area contributed by atoms with Crippen molar-refractivity contribution in [3.63, 3.8) is 0 Å². The number of amides is 4. The molecule has 14 nitrogen and oxygen atoms in total. The molecule has 2 aromatic carbocycles. The molecule has 0 bridgehead atoms. The highest BCUT2D eigenvalue weighted by Gasteiger charge is 2.29. The van der Waals surface area contributed by atoms with Crippen LogP contribution >= 0.6 is 0 Å². The summed E-state index contributed by atoms with van der Waals surface area (Å²) in [7, 11) is 0. The highest BCUT2D eigenvalue weighted by Crippen LogP contribution is 2.06. The Morgan fingerprint density at radius 3 is 1.98 bits per heavy atom. The molecule has 0 aliphatic heterocycles. The molecular formula is C27H35N7O7. The number of guanidine groups is 1. The standard InChI is InChI=1S/C27H35N7O7/c28-27(29)30-13-7-12-19(26(40)41)33-24(38)20(14-17-8-3-1-4-9-17)34-25(39)21(16-35)32-22(36)15-31-23(37)18-10-5-2-6-11-18/h1-6,8-11,19-21,35H,7,12-16H2,(H,31,37)(H,32,36)(H,33,38)(H,34,39)(H,40,41)(H4,28,29,30)/t19-,20-,21-/m0/s1. The van der Waals surface area contributed by atoms with E-state index in [4.69, 9.17) is 11.5 Å². The fourth-order valence-electron chi connectivity index (χ4n) is 3.66. The molecule has 0 radical (unpaired) electrons. The number of rotatable bonds is 16. The first-order valence-corrected chi connectivity index (χ1v) is 12.8. The number of carbonyl (C=O) groups excluding carboxylic acids is 4. The highest BCUT2D eigenvalue weighted by molar-refractivity contribution is 5.97. The molecule has 0 unspecified atom stereocenters. The maximum Gasteiger partial charge on any atom is 0.326 e. The van der Waals surface area contributed by atoms with Gasteiger partial charge in [0.2, 0.25) is 17.7 Å². The Morgan fingerprint density at radius 2 is 1.39 bits per heavy atom. The van der Waals surface area contributed by atoms with Gasteiger partial charge in [0, 0.05) is 18.5 Å². The van der Waals surface area contributed by atoms with E-state index in [2.05, 4.69) is 26.3 Å². The number of carboxylic acids is 1. The molecule has 0 spiro atoms. The molecule has 0 heterocycles. The summed E-state index contributed by atoms with van der Waals surface area (Å²) in [6, 6.07) is 12.9. The summed E-state index contributed by atoms with van der Waals surface area (Å²) >= 11 is 0. The molecule has 0 aromatic heterocycles. The van der Waals surface area contributed by atoms with Crippen molar-refractivity contribution in [1.82, 2.24) is 21.3 Å². The Bertz CT molecular complexity index is 1210. The number of nitrogens with one attached hydrogen (secondary N) is 4. The molecule has 220 valence electrons. The molecule has 0 aliphatic carbocycles. The second kappa shape index (κ2) is 16.9. The van der Waals surface area contributed by atoms with E-state index in [0.29, 0.717) is 11.1 Å². The Kier molecular flexibility index (Phi) is 13.3. The molecule has 0 aliphatic rings. The van der Waals surface area contributed by atoms with E-state index in [1.165, 1.54) is 0 Å². The van der Waals surface area contributed by atoms with Gasteiger partial charge in [-0.3, -0.25) is 24.2 Å². The van der Waals surface area contributed by atoms with Crippen molar-refractivity contribution >= 4 is 35.6 Å². The van der Waals surface area contributed by atoms with E-state index < -0.39 is 60.9 Å². The fourth-order valence-corrected chi connectivity index (χ4v) is 3.66. The van der Waals surface area contributed by atoms with E-state index >= 15 is 0 Å². The molecule has 2 rings (SSSR count). The molecule has 4 amide bonds. The van der Waals surface area contributed by atoms with Gasteiger partial charge >= 0.3 is 5.97 Å². The lowest BCUT2D eigenvalue weighted by Crippen LogP contribution is -2.57. The first-order valence-electron chi connectivity index (χ1n) is 12.8. The van der Waals surface area contributed by atoms with E-state index in [1.807, 2.05) is 0 Å². The van der Waals surface area contributed by atoms with Crippen LogP contribution in [0.3, 0.4) is 0 Å². The van der Waals surface area contributed by atoms with Crippen LogP contribution in [0.25, 0.3) is 0 Å². The fraction of sp³-hybridized carbons (Fsp3) is 0.333. The maximum absolute atomic E-state index is 13.1. The summed E-state index contributed by atoms with van der Waals surface area (Å²) in [5.74, 6) is -4.35. The number of carboxylic acid groups (broad SMARTS) is 1. The highest BCUT2D eigenvalue weighted by atomic mass is 16.4. The zero-order valence-corrected chi connectivity index (χ0v) is 22.3. The van der Waals surface area contributed by atoms with Crippen molar-refractivity contribution in [3.05, 3.63) is 71.8 Å². The number of aliphatic hydroxyl groups excluding tert-OH is 1. The van der Waals surface area contributed by atoms with Gasteiger partial charge in [-0.2, -0.15) is 0 Å². The summed E-state index contributed by atoms with van der Waals surface area (Å²) in [4.78, 5) is 66.1. The lowest BCUT2D eigenvalue weighted by molar-refractivity contribution is -0.142. The monoisotopic (exact) mass is 569 g/mol. The van der Waals surface area contributed by atoms with E-state index in [-0.39, 0.29) is 31.8 Å². The molecule has 10 N–H and O–H groups in total. The van der Waals surface area contributed by atoms with Crippen molar-refractivity contribution < 1.29 is 34.2 Å². The first kappa shape index (κ1) is 32.2. The van der Waals surface area contributed by atoms with Crippen LogP contribution in [0.1, 0.15) is 28.8 Å². The molecule has 14 heteroatoms. The first-order chi connectivity index (χ1) is 19.6. The number of carbonyl (C=O) groups is 5. The van der Waals surface area contributed by atoms with Crippen molar-refractivity contribution in [2.24, 2.45) is 16.5 Å². The third kappa shape index (κ3) is 11.7. The molecule has 0 saturated carbocycles. The second-order valence-electron chi connectivity index (χ2n) is 8.95. The van der Waals surface area contributed by atoms with Gasteiger partial charge in [0.1, 0.15) is 18.1 Å². The molecule has 0 saturated heterocycles. The van der Waals surface area contributed by atoms with Crippen LogP contribution in [-0.2, 0) is 25.6 Å². The Morgan fingerprint density at radius 1 is 0.805 bits per heavy atom. The van der Waals surface area contributed by atoms with Gasteiger partial charge in [-0.15, -0.1) is 0 Å². The SMILES string of the molecule is NC(N)=NCCC[C@H](NC(=O)[C@H](Cc1ccccc1)NC(=O)[C@H](CO)NC(=O)CNC(=O)c1ccccc1)C(=O)O. The predicted molar refractivity (Wildman–Crippen MR) is 149 cm³/mol. The van der Waals surface area contributed by atoms with Gasteiger partial charge in [0.25, 0.3) is 5.91 Å². The summed E-state index contributed by atoms with van der Waals surface area (Å²) in [5.41, 5.74) is 11.5. The predicted octanol–water partition coefficient (Wildman–Crippen LogP) is -1.76. The number of aliphatic imine (C=N–C) groups is 1. The summed E-state index contributed by atoms with van der Waals surface area (Å²) in [6.45, 7) is -1.10. The van der Waals surface area contributed by atoms with Crippen LogP contribution < -0.4 is 32.7 Å². The normalized spacial score (nSPS) is 12.6. The zero-order valence-electron chi connectivity index (χ0n) is 22.3. The minimum Gasteiger partial charge on any atom is -0.480 e. The lowest BCUT2D eigenvalue weighted by atomic mass is 10.0. The van der Waals surface area contributed by atoms with E-state index in [1.54, 1.807) is 60.7 Å². The summed E-state index contributed by atoms with van der Waals surface area (Å²) in [6.07, 6.45) is 0.288. The van der Waals surface area contributed by atoms with Gasteiger partial charge in [-0.05, 0) is 30.5 Å². The van der Waals surface area contributed by atoms with Crippen molar-refractivity contribution in [3.8, 4) is 0 Å². The number of aliphatic carboxylic acids is 1. The topological polar surface area (TPSA) is 238 Å². The zero-order chi connectivity index (χ0) is 30.2. The van der Waals surface area contributed by atoms with Crippen molar-refractivity contribution in [1.29, 1.82) is 0 Å². The Balaban J connectivity index is 2.05. The largest absolute Gasteiger partial charge is 0.480 e. The minimum absolute atomic E-state index is 0.00200. The summed E-state index contributed by atoms with van der Waals surface area (Å²) in [5, 5.41) is 28.9. The van der Waals surface area contributed by atoms with E-state index in [9.17, 15) is 34.2 Å². The number of hydrogen-bond donors (Lipinski definition) is 8. The average molecular weight is 570 g/mol. The number of hydrogen-bond acceptors (Lipinski definition) is 7. The van der Waals surface area contributed by atoms with Crippen molar-refractivity contribution in [2.75, 3.05) is 19.7 Å². The van der Waals surface area contributed by atoms with Gasteiger partial charge in [-0.25, -0.2) is 4.79 Å². The third-order valence-electron chi connectivity index (χ3n) is 5.76. The van der Waals surface area contributed by atoms with E-state index in [0.717, 1.165) is 0 Å². The van der Waals surface area contributed by atoms with Gasteiger partial charge in [0.15, 0.2) is 5.96 Å². The Hall–Kier alpha value is -4.98. The van der Waals surface area contributed by atoms with Crippen molar-refractivity contribution in [2.45, 2.75) is 37.4 Å². The second-order valence-corrected chi connectivity index (χ2v) is 8.95. The molecule has 3 atom stereocenters. The molecule has 0 fully saturated rings. The average Bonchev–Trinajstić information content (AvgIpc) is 2.96. The Labute approximate surface area is 236 Å². The van der Waals surface area contributed by atoms with Gasteiger partial charge in [-0.1, -0.05) is 48.5 Å². The smallest absolute Gasteiger partial charge is 0.326 e. The lowest BCUT2D eigenvalue weighted by Gasteiger charge is -2.24. The van der Waals surface area contributed by atoms with Crippen LogP contribution in [0.4, 0.5) is 0 Å². The number of nitrogens with two attached hydrogens (primary N) is 2. The quantitative estimate of drug-likeness (QED) is 0.0648. The number of nitrogens with zero attached hydrogens (tertiary/aromatic N) is 1. The third-order valence-corrected chi connectivity index (χ3v) is 5.76. The number of aliphatic hydroxyl groups is 1. The van der Waals surface area contributed by atoms with Gasteiger partial charge < -0.3 is 42.9 Å².